The number of unbranched alkanes of at least 4 members (excludes halogenated alkanes) is 24. The minimum Gasteiger partial charge on any atom is -0.461 e. The Kier molecular flexibility index (Phi) is 56.9. The van der Waals surface area contributed by atoms with Crippen LogP contribution in [0.4, 0.5) is 0 Å². The largest absolute Gasteiger partial charge is 0.461 e. The van der Waals surface area contributed by atoms with E-state index in [0.717, 1.165) is 51.4 Å². The summed E-state index contributed by atoms with van der Waals surface area (Å²) in [5, 5.41) is 5.82. The molecular formula is C66H116N4O10S4. The molecule has 484 valence electrons. The van der Waals surface area contributed by atoms with Crippen LogP contribution in [0.3, 0.4) is 0 Å². The van der Waals surface area contributed by atoms with Crippen LogP contribution in [0.2, 0.25) is 0 Å². The minimum atomic E-state index is -0.668. The molecule has 0 aliphatic carbocycles. The molecule has 2 amide bonds. The van der Waals surface area contributed by atoms with Crippen LogP contribution in [0.1, 0.15) is 233 Å². The first-order valence-electron chi connectivity index (χ1n) is 32.9. The average molecular weight is 1250 g/mol. The number of rotatable bonds is 60. The zero-order chi connectivity index (χ0) is 61.0. The summed E-state index contributed by atoms with van der Waals surface area (Å²) in [4.78, 5) is 81.4. The fraction of sp³-hybridized carbons (Fsp3) is 0.788. The van der Waals surface area contributed by atoms with Crippen LogP contribution in [0, 0.1) is 0 Å². The standard InChI is InChI=1S/C66H116N4O10S4/c1-5-9-13-17-21-25-29-33-37-51-77-61(71)41-45-69(46-42-62(72)78-52-38-34-30-26-22-18-14-10-6-2)49-55-81-83-57-59-65(75)68-60(66(76)67-59)58-84-82-56-50-70(47-43-63(73)79-53-39-35-31-27-23-19-15-11-7-3)48-44-64(74)80-54-40-36-32-28-24-20-16-12-8-4/h33-40,59-60H,5-32,41-58H2,1-4H3,(H,67,76)(H,68,75)/b37-33-,38-34-,39-35-,40-36-. The maximum absolute atomic E-state index is 13.2. The predicted molar refractivity (Wildman–Crippen MR) is 357 cm³/mol. The second-order valence-corrected chi connectivity index (χ2v) is 27.1. The van der Waals surface area contributed by atoms with Crippen LogP contribution in [-0.4, -0.2) is 146 Å². The number of hydrogen-bond donors (Lipinski definition) is 2. The third-order valence-corrected chi connectivity index (χ3v) is 19.1. The van der Waals surface area contributed by atoms with Gasteiger partial charge in [-0.05, 0) is 51.4 Å². The molecule has 84 heavy (non-hydrogen) atoms. The van der Waals surface area contributed by atoms with Gasteiger partial charge in [-0.1, -0.05) is 248 Å². The van der Waals surface area contributed by atoms with Gasteiger partial charge in [-0.2, -0.15) is 0 Å². The molecule has 0 bridgehead atoms. The summed E-state index contributed by atoms with van der Waals surface area (Å²) in [6.45, 7) is 12.9. The molecule has 1 fully saturated rings. The van der Waals surface area contributed by atoms with E-state index in [9.17, 15) is 28.8 Å². The minimum absolute atomic E-state index is 0.204. The highest BCUT2D eigenvalue weighted by Crippen LogP contribution is 2.25. The Morgan fingerprint density at radius 1 is 0.357 bits per heavy atom. The molecule has 0 spiro atoms. The van der Waals surface area contributed by atoms with Gasteiger partial charge in [0.15, 0.2) is 0 Å². The molecule has 2 atom stereocenters. The lowest BCUT2D eigenvalue weighted by molar-refractivity contribution is -0.144. The van der Waals surface area contributed by atoms with Gasteiger partial charge in [-0.3, -0.25) is 28.8 Å². The summed E-state index contributed by atoms with van der Waals surface area (Å²) < 4.78 is 22.0. The summed E-state index contributed by atoms with van der Waals surface area (Å²) >= 11 is 0. The van der Waals surface area contributed by atoms with Gasteiger partial charge in [0.2, 0.25) is 11.8 Å². The summed E-state index contributed by atoms with van der Waals surface area (Å²) in [6.07, 6.45) is 50.6. The molecule has 0 radical (unpaired) electrons. The van der Waals surface area contributed by atoms with Gasteiger partial charge < -0.3 is 39.4 Å². The van der Waals surface area contributed by atoms with Crippen LogP contribution < -0.4 is 10.6 Å². The lowest BCUT2D eigenvalue weighted by Gasteiger charge is -2.29. The Morgan fingerprint density at radius 3 is 0.869 bits per heavy atom. The number of nitrogens with one attached hydrogen (secondary N) is 2. The summed E-state index contributed by atoms with van der Waals surface area (Å²) in [5.41, 5.74) is 0. The molecule has 1 aliphatic rings. The van der Waals surface area contributed by atoms with Gasteiger partial charge in [0.05, 0.1) is 25.7 Å². The maximum atomic E-state index is 13.2. The number of hydrogen-bond acceptors (Lipinski definition) is 16. The van der Waals surface area contributed by atoms with Gasteiger partial charge in [0, 0.05) is 62.3 Å². The molecule has 1 saturated heterocycles. The molecule has 0 aromatic rings. The lowest BCUT2D eigenvalue weighted by atomic mass is 10.1. The van der Waals surface area contributed by atoms with Crippen LogP contribution in [-0.2, 0) is 47.7 Å². The van der Waals surface area contributed by atoms with Crippen molar-refractivity contribution in [2.24, 2.45) is 0 Å². The van der Waals surface area contributed by atoms with Crippen molar-refractivity contribution in [3.05, 3.63) is 48.6 Å². The summed E-state index contributed by atoms with van der Waals surface area (Å²) in [7, 11) is 6.16. The van der Waals surface area contributed by atoms with E-state index >= 15 is 0 Å². The zero-order valence-corrected chi connectivity index (χ0v) is 56.2. The Morgan fingerprint density at radius 2 is 0.607 bits per heavy atom. The molecule has 0 saturated carbocycles. The van der Waals surface area contributed by atoms with E-state index in [4.69, 9.17) is 18.9 Å². The van der Waals surface area contributed by atoms with Crippen LogP contribution in [0.15, 0.2) is 48.6 Å². The molecule has 1 heterocycles. The third-order valence-electron chi connectivity index (χ3n) is 14.3. The normalized spacial score (nSPS) is 14.6. The number of nitrogens with zero attached hydrogens (tertiary/aromatic N) is 2. The van der Waals surface area contributed by atoms with E-state index in [1.165, 1.54) is 150 Å². The van der Waals surface area contributed by atoms with E-state index in [2.05, 4.69) is 72.4 Å². The SMILES string of the molecule is CCCCCCCC/C=C\COC(=O)CCN(CCSSCC1NC(=O)C(CSSCCN(CCC(=O)OC/C=C\CCCCCCCC)CCC(=O)OC/C=C\CCCCCCCC)NC1=O)CCC(=O)OC/C=C\CCCCCCCC. The van der Waals surface area contributed by atoms with E-state index in [1.54, 1.807) is 21.6 Å². The number of ether oxygens (including phenoxy) is 4. The highest BCUT2D eigenvalue weighted by molar-refractivity contribution is 8.77. The highest BCUT2D eigenvalue weighted by Gasteiger charge is 2.33. The summed E-state index contributed by atoms with van der Waals surface area (Å²) in [6, 6.07) is -1.34. The summed E-state index contributed by atoms with van der Waals surface area (Å²) in [5.74, 6) is 0.554. The fourth-order valence-corrected chi connectivity index (χ4v) is 13.4. The van der Waals surface area contributed by atoms with Gasteiger partial charge in [0.1, 0.15) is 38.5 Å². The fourth-order valence-electron chi connectivity index (χ4n) is 9.03. The van der Waals surface area contributed by atoms with E-state index < -0.39 is 12.1 Å². The van der Waals surface area contributed by atoms with Crippen molar-refractivity contribution in [1.29, 1.82) is 0 Å². The first-order valence-corrected chi connectivity index (χ1v) is 37.9. The zero-order valence-electron chi connectivity index (χ0n) is 52.9. The van der Waals surface area contributed by atoms with Crippen molar-refractivity contribution < 1.29 is 47.7 Å². The molecule has 1 aliphatic heterocycles. The molecule has 2 N–H and O–H groups in total. The highest BCUT2D eigenvalue weighted by atomic mass is 33.1. The van der Waals surface area contributed by atoms with Crippen molar-refractivity contribution in [3.8, 4) is 0 Å². The monoisotopic (exact) mass is 1250 g/mol. The smallest absolute Gasteiger partial charge is 0.307 e. The predicted octanol–water partition coefficient (Wildman–Crippen LogP) is 15.3. The van der Waals surface area contributed by atoms with E-state index in [0.29, 0.717) is 62.3 Å². The Labute approximate surface area is 526 Å². The number of carbonyl (C=O) groups is 6. The van der Waals surface area contributed by atoms with Crippen molar-refractivity contribution in [3.63, 3.8) is 0 Å². The van der Waals surface area contributed by atoms with Gasteiger partial charge in [-0.25, -0.2) is 0 Å². The molecule has 0 aromatic carbocycles. The number of esters is 4. The van der Waals surface area contributed by atoms with Crippen molar-refractivity contribution in [2.45, 2.75) is 245 Å². The Hall–Kier alpha value is -2.90. The molecule has 0 aromatic heterocycles. The number of amides is 2. The first kappa shape index (κ1) is 79.1. The number of carbonyl (C=O) groups excluding carboxylic acids is 6. The Balaban J connectivity index is 2.60. The maximum Gasteiger partial charge on any atom is 0.307 e. The third kappa shape index (κ3) is 51.2. The van der Waals surface area contributed by atoms with Crippen molar-refractivity contribution in [1.82, 2.24) is 20.4 Å². The lowest BCUT2D eigenvalue weighted by Crippen LogP contribution is -2.63. The van der Waals surface area contributed by atoms with E-state index in [1.807, 2.05) is 24.3 Å². The second kappa shape index (κ2) is 60.4. The van der Waals surface area contributed by atoms with Gasteiger partial charge >= 0.3 is 23.9 Å². The molecule has 2 unspecified atom stereocenters. The molecule has 14 nitrogen and oxygen atoms in total. The Bertz CT molecular complexity index is 1560. The van der Waals surface area contributed by atoms with Crippen molar-refractivity contribution >= 4 is 78.9 Å². The first-order chi connectivity index (χ1) is 41.1. The van der Waals surface area contributed by atoms with Crippen LogP contribution in [0.5, 0.6) is 0 Å². The van der Waals surface area contributed by atoms with E-state index in [-0.39, 0.29) is 87.8 Å². The van der Waals surface area contributed by atoms with Crippen LogP contribution >= 0.6 is 43.2 Å². The average Bonchev–Trinajstić information content (AvgIpc) is 3.68. The molecule has 1 rings (SSSR count). The molecule has 18 heteroatoms. The van der Waals surface area contributed by atoms with Gasteiger partial charge in [0.25, 0.3) is 0 Å². The topological polar surface area (TPSA) is 170 Å². The van der Waals surface area contributed by atoms with Crippen LogP contribution in [0.25, 0.3) is 0 Å². The second-order valence-electron chi connectivity index (χ2n) is 21.9. The molecular weight excluding hydrogens is 1140 g/mol. The van der Waals surface area contributed by atoms with Gasteiger partial charge in [-0.15, -0.1) is 0 Å². The quantitative estimate of drug-likeness (QED) is 0.0194. The van der Waals surface area contributed by atoms with Crippen molar-refractivity contribution in [2.75, 3.05) is 88.7 Å². The number of allylic oxidation sites excluding steroid dienone is 4. The number of piperazine rings is 1.